The number of halogens is 1. The quantitative estimate of drug-likeness (QED) is 0.0288. The largest absolute Gasteiger partial charge is 0.481 e. The summed E-state index contributed by atoms with van der Waals surface area (Å²) in [6.07, 6.45) is 19.1. The molecule has 4 aromatic carbocycles. The first kappa shape index (κ1) is 124. The normalized spacial score (nSPS) is 14.1. The van der Waals surface area contributed by atoms with E-state index >= 15 is 0 Å². The Bertz CT molecular complexity index is 5110. The van der Waals surface area contributed by atoms with Crippen molar-refractivity contribution in [2.75, 3.05) is 6.61 Å². The number of rotatable bonds is 41. The van der Waals surface area contributed by atoms with Gasteiger partial charge in [-0.15, -0.1) is 45.3 Å². The first-order valence-corrected chi connectivity index (χ1v) is 65.8. The average Bonchev–Trinajstić information content (AvgIpc) is 1.67. The number of carboxylic acids is 1. The summed E-state index contributed by atoms with van der Waals surface area (Å²) in [5, 5.41) is 22.5. The third-order valence-corrected chi connectivity index (χ3v) is 52.7. The summed E-state index contributed by atoms with van der Waals surface area (Å²) in [6.45, 7) is 101. The van der Waals surface area contributed by atoms with Crippen molar-refractivity contribution in [1.29, 1.82) is 0 Å². The number of hydrogen-bond donors (Lipinski definition) is 2. The molecule has 0 saturated heterocycles. The molecule has 4 aromatic heterocycles. The first-order valence-electron chi connectivity index (χ1n) is 52.9. The average molecular weight is 2080 g/mol. The van der Waals surface area contributed by atoms with Crippen LogP contribution in [0, 0.1) is 77.0 Å². The van der Waals surface area contributed by atoms with E-state index in [-0.39, 0.29) is 95.2 Å². The number of aliphatic hydroxyl groups is 1. The molecule has 8 nitrogen and oxygen atoms in total. The molecule has 0 saturated carbocycles. The van der Waals surface area contributed by atoms with Gasteiger partial charge in [-0.2, -0.15) is 0 Å². The van der Waals surface area contributed by atoms with Crippen LogP contribution in [0.25, 0.3) is 0 Å². The van der Waals surface area contributed by atoms with Crippen molar-refractivity contribution in [3.05, 3.63) is 225 Å². The highest BCUT2D eigenvalue weighted by Gasteiger charge is 2.46. The van der Waals surface area contributed by atoms with Crippen LogP contribution >= 0.6 is 61.3 Å². The van der Waals surface area contributed by atoms with E-state index < -0.39 is 30.9 Å². The molecule has 0 spiro atoms. The highest BCUT2D eigenvalue weighted by molar-refractivity contribution is 9.11. The topological polar surface area (TPSA) is 112 Å². The number of hydrogen-bond acceptors (Lipinski definition) is 11. The van der Waals surface area contributed by atoms with Crippen molar-refractivity contribution in [2.45, 2.75) is 492 Å². The Labute approximate surface area is 873 Å². The first-order chi connectivity index (χ1) is 63.4. The molecular weight excluding hydrogens is 1890 g/mol. The van der Waals surface area contributed by atoms with E-state index in [1.165, 1.54) is 122 Å². The summed E-state index contributed by atoms with van der Waals surface area (Å²) < 4.78 is 27.3. The van der Waals surface area contributed by atoms with E-state index in [2.05, 4.69) is 414 Å². The second kappa shape index (κ2) is 50.8. The zero-order valence-corrected chi connectivity index (χ0v) is 104. The molecule has 0 aliphatic carbocycles. The van der Waals surface area contributed by atoms with Crippen LogP contribution in [0.5, 0.6) is 0 Å². The predicted molar refractivity (Wildman–Crippen MR) is 618 cm³/mol. The highest BCUT2D eigenvalue weighted by Crippen LogP contribution is 2.52. The molecule has 776 valence electrons. The monoisotopic (exact) mass is 2080 g/mol. The van der Waals surface area contributed by atoms with Gasteiger partial charge in [-0.3, -0.25) is 9.59 Å². The summed E-state index contributed by atoms with van der Waals surface area (Å²) >= 11 is 11.3. The van der Waals surface area contributed by atoms with Crippen molar-refractivity contribution >= 4 is 98.2 Å². The third-order valence-electron chi connectivity index (χ3n) is 32.7. The molecule has 0 bridgehead atoms. The molecule has 4 atom stereocenters. The van der Waals surface area contributed by atoms with E-state index in [1.807, 2.05) is 40.9 Å². The molecular formula is C122H197BrO8S4Si3. The molecule has 0 aliphatic rings. The van der Waals surface area contributed by atoms with Gasteiger partial charge in [-0.25, -0.2) is 0 Å². The number of thiophene rings is 4. The Morgan fingerprint density at radius 3 is 0.855 bits per heavy atom. The molecule has 8 rings (SSSR count). The van der Waals surface area contributed by atoms with Crippen molar-refractivity contribution < 1.29 is 37.8 Å². The maximum atomic E-state index is 12.0. The zero-order valence-electron chi connectivity index (χ0n) is 95.8. The van der Waals surface area contributed by atoms with Crippen molar-refractivity contribution in [1.82, 2.24) is 0 Å². The summed E-state index contributed by atoms with van der Waals surface area (Å²) in [5.41, 5.74) is 22.5. The maximum Gasteiger partial charge on any atom is 0.306 e. The van der Waals surface area contributed by atoms with Gasteiger partial charge >= 0.3 is 11.9 Å². The number of carbonyl (C=O) groups excluding carboxylic acids is 1. The summed E-state index contributed by atoms with van der Waals surface area (Å²) in [6, 6.07) is 38.0. The number of aliphatic carboxylic acids is 1. The van der Waals surface area contributed by atoms with Crippen LogP contribution in [0.3, 0.4) is 0 Å². The second-order valence-corrected chi connectivity index (χ2v) is 69.5. The fraction of sp³-hybridized carbons (Fsp3) is 0.656. The van der Waals surface area contributed by atoms with Crippen LogP contribution in [0.2, 0.25) is 54.4 Å². The SMILES string of the molecule is CCC(CC)(c1ccc(CCC(O)C(C)(C)C)c(C)c1)c1cc(C)c(CCC(=O)O)s1.CCC(CC)(c1ccc(CCC(O[Si](C)(C)C(C)(C)C)C(C)(C)C)c(C)c1)c1cc(C)c(Br)s1.CCC(CC)(c1ccc(CCC(O[Si](C)(C)C(C)(C)C)C(C)(C)C)c(C)c1)c1cc(C)cs1.CCOC(=O)CCc1sc(C(CC)(CC)c2ccc(CCC(O[Si](C)(C)C(C)(C)C)C(C)(C)C)c(C)c2)cc1C. The highest BCUT2D eigenvalue weighted by atomic mass is 79.9. The van der Waals surface area contributed by atoms with Crippen molar-refractivity contribution in [3.8, 4) is 0 Å². The number of esters is 1. The number of ether oxygens (including phenoxy) is 1. The smallest absolute Gasteiger partial charge is 0.306 e. The minimum absolute atomic E-state index is 0.0136. The molecule has 16 heteroatoms. The lowest BCUT2D eigenvalue weighted by Crippen LogP contribution is -2.47. The minimum atomic E-state index is -1.85. The summed E-state index contributed by atoms with van der Waals surface area (Å²) in [5.74, 6) is -0.849. The third kappa shape index (κ3) is 32.3. The Balaban J connectivity index is 0.000000326. The molecule has 8 aromatic rings. The number of aryl methyl sites for hydroxylation is 14. The van der Waals surface area contributed by atoms with Crippen LogP contribution in [0.1, 0.15) is 416 Å². The van der Waals surface area contributed by atoms with Gasteiger partial charge in [-0.1, -0.05) is 274 Å². The number of carbonyl (C=O) groups is 2. The number of aliphatic hydroxyl groups excluding tert-OH is 1. The van der Waals surface area contributed by atoms with Gasteiger partial charge < -0.3 is 28.2 Å². The molecule has 0 fully saturated rings. The van der Waals surface area contributed by atoms with Gasteiger partial charge in [-0.05, 0) is 389 Å². The van der Waals surface area contributed by atoms with Gasteiger partial charge in [0.15, 0.2) is 25.0 Å². The van der Waals surface area contributed by atoms with Crippen LogP contribution < -0.4 is 0 Å². The second-order valence-electron chi connectivity index (χ2n) is 49.6. The van der Waals surface area contributed by atoms with E-state index in [0.717, 1.165) is 109 Å². The molecule has 0 radical (unpaired) electrons. The molecule has 0 amide bonds. The fourth-order valence-electron chi connectivity index (χ4n) is 18.9. The van der Waals surface area contributed by atoms with E-state index in [4.69, 9.17) is 23.1 Å². The van der Waals surface area contributed by atoms with Crippen LogP contribution in [0.15, 0.2) is 106 Å². The maximum absolute atomic E-state index is 12.0. The fourth-order valence-corrected chi connectivity index (χ4v) is 29.8. The van der Waals surface area contributed by atoms with E-state index in [1.54, 1.807) is 11.3 Å². The Morgan fingerprint density at radius 2 is 0.623 bits per heavy atom. The molecule has 0 aliphatic heterocycles. The number of benzene rings is 4. The van der Waals surface area contributed by atoms with Gasteiger partial charge in [0.1, 0.15) is 0 Å². The van der Waals surface area contributed by atoms with E-state index in [9.17, 15) is 14.7 Å². The van der Waals surface area contributed by atoms with Crippen molar-refractivity contribution in [3.63, 3.8) is 0 Å². The Kier molecular flexibility index (Phi) is 45.7. The zero-order chi connectivity index (χ0) is 105. The predicted octanol–water partition coefficient (Wildman–Crippen LogP) is 37.6. The standard InChI is InChI=1S/C35H58O3SSi.C30H49BrOSSi.C30H50OSSi.C27H40O3S/c1-14-35(15-2,31-24-26(5)29(39-31)20-22-32(36)37-16-3)28-19-17-27(25(4)23-28)18-21-30(33(6,7)8)38-40(12,13)34(9,10)11;1-13-30(14-2,26-20-22(4)27(31)33-26)24-17-15-23(21(3)19-24)16-18-25(28(5,6)7)32-34(11,12)29(8,9)10;1-13-30(14-2,27-19-22(3)21-32-27)25-17-15-24(23(4)20-25)16-18-26(28(5,6)7)31-33(11,12)29(8,9)10;1-8-27(9-2,24-17-19(4)22(31-24)13-15-25(29)30)21-12-10-20(18(3)16-21)11-14-23(28)26(5,6)7/h17,19,23-24,30H,14-16,18,20-22H2,1-13H3;15,17,19-20,25H,13-14,16,18H2,1-12H3;15,17,19-21,26H,13-14,16,18H2,1-12H3;10,12,16-17,23,28H,8-9,11,13-15H2,1-7H3,(H,29,30). The van der Waals surface area contributed by atoms with Crippen LogP contribution in [-0.4, -0.2) is 78.1 Å². The molecule has 138 heavy (non-hydrogen) atoms. The molecule has 4 heterocycles. The van der Waals surface area contributed by atoms with E-state index in [0.29, 0.717) is 19.4 Å². The van der Waals surface area contributed by atoms with Crippen LogP contribution in [0.4, 0.5) is 0 Å². The van der Waals surface area contributed by atoms with Crippen molar-refractivity contribution in [2.24, 2.45) is 21.7 Å². The lowest BCUT2D eigenvalue weighted by Gasteiger charge is -2.43. The molecule has 4 unspecified atom stereocenters. The van der Waals surface area contributed by atoms with Gasteiger partial charge in [0.25, 0.3) is 0 Å². The lowest BCUT2D eigenvalue weighted by atomic mass is 9.73. The van der Waals surface area contributed by atoms with Crippen LogP contribution in [-0.2, 0) is 87.8 Å². The summed E-state index contributed by atoms with van der Waals surface area (Å²) in [7, 11) is -5.48. The minimum Gasteiger partial charge on any atom is -0.481 e. The summed E-state index contributed by atoms with van der Waals surface area (Å²) in [4.78, 5) is 31.2. The van der Waals surface area contributed by atoms with Gasteiger partial charge in [0.2, 0.25) is 0 Å². The van der Waals surface area contributed by atoms with Gasteiger partial charge in [0, 0.05) is 50.9 Å². The Hall–Kier alpha value is -4.41. The molecule has 2 N–H and O–H groups in total. The Morgan fingerprint density at radius 1 is 0.348 bits per heavy atom. The number of carboxylic acid groups (broad SMARTS) is 1. The van der Waals surface area contributed by atoms with Gasteiger partial charge in [0.05, 0.1) is 47.7 Å². The lowest BCUT2D eigenvalue weighted by molar-refractivity contribution is -0.143.